The monoisotopic (exact) mass is 264 g/mol. The molecule has 1 heterocycles. The van der Waals surface area contributed by atoms with Crippen LogP contribution in [0.3, 0.4) is 0 Å². The molecule has 1 saturated heterocycles. The number of rotatable bonds is 5. The molecule has 1 aliphatic heterocycles. The van der Waals surface area contributed by atoms with Gasteiger partial charge in [0.25, 0.3) is 0 Å². The largest absolute Gasteiger partial charge is 0.371 e. The van der Waals surface area contributed by atoms with E-state index >= 15 is 0 Å². The van der Waals surface area contributed by atoms with Gasteiger partial charge in [-0.05, 0) is 48.6 Å². The van der Waals surface area contributed by atoms with E-state index in [1.807, 2.05) is 6.07 Å². The second kappa shape index (κ2) is 6.38. The molecule has 0 bridgehead atoms. The minimum absolute atomic E-state index is 0.141. The van der Waals surface area contributed by atoms with Gasteiger partial charge in [0.2, 0.25) is 0 Å². The van der Waals surface area contributed by atoms with Crippen molar-refractivity contribution in [3.05, 3.63) is 29.6 Å². The molecule has 19 heavy (non-hydrogen) atoms. The topological polar surface area (TPSA) is 15.3 Å². The molecule has 2 unspecified atom stereocenters. The molecule has 2 atom stereocenters. The lowest BCUT2D eigenvalue weighted by molar-refractivity contribution is 0.494. The SMILES string of the molecule is CCCNCc1cc(F)ccc1N1CC(C)C(C)C1. The van der Waals surface area contributed by atoms with Gasteiger partial charge in [0, 0.05) is 25.3 Å². The van der Waals surface area contributed by atoms with E-state index in [0.29, 0.717) is 11.8 Å². The summed E-state index contributed by atoms with van der Waals surface area (Å²) in [7, 11) is 0. The molecule has 2 nitrogen and oxygen atoms in total. The van der Waals surface area contributed by atoms with Gasteiger partial charge in [0.05, 0.1) is 0 Å². The Morgan fingerprint density at radius 1 is 1.26 bits per heavy atom. The van der Waals surface area contributed by atoms with Gasteiger partial charge in [-0.15, -0.1) is 0 Å². The zero-order valence-electron chi connectivity index (χ0n) is 12.2. The third kappa shape index (κ3) is 3.47. The van der Waals surface area contributed by atoms with Crippen LogP contribution < -0.4 is 10.2 Å². The highest BCUT2D eigenvalue weighted by Gasteiger charge is 2.27. The molecule has 1 aromatic carbocycles. The second-order valence-corrected chi connectivity index (χ2v) is 5.81. The van der Waals surface area contributed by atoms with Crippen molar-refractivity contribution in [1.29, 1.82) is 0 Å². The number of anilines is 1. The highest BCUT2D eigenvalue weighted by atomic mass is 19.1. The molecule has 1 aliphatic rings. The van der Waals surface area contributed by atoms with Crippen molar-refractivity contribution >= 4 is 5.69 Å². The fourth-order valence-corrected chi connectivity index (χ4v) is 2.73. The van der Waals surface area contributed by atoms with Gasteiger partial charge < -0.3 is 10.2 Å². The van der Waals surface area contributed by atoms with Gasteiger partial charge >= 0.3 is 0 Å². The van der Waals surface area contributed by atoms with Crippen molar-refractivity contribution in [3.63, 3.8) is 0 Å². The summed E-state index contributed by atoms with van der Waals surface area (Å²) in [5, 5.41) is 3.37. The van der Waals surface area contributed by atoms with Crippen molar-refractivity contribution in [2.45, 2.75) is 33.7 Å². The predicted octanol–water partition coefficient (Wildman–Crippen LogP) is 3.42. The molecule has 106 valence electrons. The molecule has 0 saturated carbocycles. The Morgan fingerprint density at radius 2 is 1.95 bits per heavy atom. The standard InChI is InChI=1S/C16H25FN2/c1-4-7-18-9-14-8-15(17)5-6-16(14)19-10-12(2)13(3)11-19/h5-6,8,12-13,18H,4,7,9-11H2,1-3H3. The molecule has 3 heteroatoms. The Labute approximate surface area is 116 Å². The summed E-state index contributed by atoms with van der Waals surface area (Å²) in [5.41, 5.74) is 2.27. The molecule has 1 aromatic rings. The van der Waals surface area contributed by atoms with Crippen molar-refractivity contribution in [3.8, 4) is 0 Å². The Hall–Kier alpha value is -1.09. The highest BCUT2D eigenvalue weighted by Crippen LogP contribution is 2.30. The lowest BCUT2D eigenvalue weighted by Gasteiger charge is -2.22. The number of hydrogen-bond acceptors (Lipinski definition) is 2. The molecule has 0 amide bonds. The molecule has 0 spiro atoms. The van der Waals surface area contributed by atoms with Gasteiger partial charge in [-0.2, -0.15) is 0 Å². The van der Waals surface area contributed by atoms with E-state index in [1.165, 1.54) is 5.69 Å². The highest BCUT2D eigenvalue weighted by molar-refractivity contribution is 5.54. The van der Waals surface area contributed by atoms with Crippen LogP contribution in [0.15, 0.2) is 18.2 Å². The summed E-state index contributed by atoms with van der Waals surface area (Å²) in [6.07, 6.45) is 1.10. The maximum Gasteiger partial charge on any atom is 0.123 e. The molecular formula is C16H25FN2. The summed E-state index contributed by atoms with van der Waals surface area (Å²) >= 11 is 0. The van der Waals surface area contributed by atoms with E-state index in [2.05, 4.69) is 31.0 Å². The van der Waals surface area contributed by atoms with Gasteiger partial charge in [0.15, 0.2) is 0 Å². The van der Waals surface area contributed by atoms with Crippen LogP contribution in [-0.4, -0.2) is 19.6 Å². The summed E-state index contributed by atoms with van der Waals surface area (Å²) in [4.78, 5) is 2.40. The predicted molar refractivity (Wildman–Crippen MR) is 78.9 cm³/mol. The van der Waals surface area contributed by atoms with Crippen molar-refractivity contribution in [1.82, 2.24) is 5.32 Å². The zero-order chi connectivity index (χ0) is 13.8. The maximum absolute atomic E-state index is 13.5. The van der Waals surface area contributed by atoms with Crippen LogP contribution in [0.4, 0.5) is 10.1 Å². The second-order valence-electron chi connectivity index (χ2n) is 5.81. The van der Waals surface area contributed by atoms with Crippen molar-refractivity contribution in [2.75, 3.05) is 24.5 Å². The molecule has 0 aliphatic carbocycles. The average Bonchev–Trinajstić information content (AvgIpc) is 2.70. The van der Waals surface area contributed by atoms with Gasteiger partial charge in [-0.25, -0.2) is 4.39 Å². The summed E-state index contributed by atoms with van der Waals surface area (Å²) in [6, 6.07) is 5.18. The van der Waals surface area contributed by atoms with E-state index in [9.17, 15) is 4.39 Å². The molecule has 0 aromatic heterocycles. The van der Waals surface area contributed by atoms with Crippen LogP contribution in [0.2, 0.25) is 0 Å². The summed E-state index contributed by atoms with van der Waals surface area (Å²) < 4.78 is 13.5. The van der Waals surface area contributed by atoms with Gasteiger partial charge in [0.1, 0.15) is 5.82 Å². The zero-order valence-corrected chi connectivity index (χ0v) is 12.2. The van der Waals surface area contributed by atoms with Gasteiger partial charge in [-0.3, -0.25) is 0 Å². The lowest BCUT2D eigenvalue weighted by atomic mass is 10.0. The Balaban J connectivity index is 2.14. The minimum Gasteiger partial charge on any atom is -0.371 e. The smallest absolute Gasteiger partial charge is 0.123 e. The van der Waals surface area contributed by atoms with Crippen molar-refractivity contribution < 1.29 is 4.39 Å². The number of nitrogens with zero attached hydrogens (tertiary/aromatic N) is 1. The number of halogens is 1. The first-order valence-electron chi connectivity index (χ1n) is 7.36. The number of hydrogen-bond donors (Lipinski definition) is 1. The van der Waals surface area contributed by atoms with Gasteiger partial charge in [-0.1, -0.05) is 20.8 Å². The van der Waals surface area contributed by atoms with E-state index < -0.39 is 0 Å². The average molecular weight is 264 g/mol. The Bertz CT molecular complexity index is 409. The van der Waals surface area contributed by atoms with E-state index in [4.69, 9.17) is 0 Å². The first-order valence-corrected chi connectivity index (χ1v) is 7.36. The molecule has 2 rings (SSSR count). The fraction of sp³-hybridized carbons (Fsp3) is 0.625. The van der Waals surface area contributed by atoms with Crippen LogP contribution in [0.1, 0.15) is 32.8 Å². The van der Waals surface area contributed by atoms with E-state index in [0.717, 1.165) is 38.2 Å². The van der Waals surface area contributed by atoms with Crippen LogP contribution in [0, 0.1) is 17.7 Å². The molecular weight excluding hydrogens is 239 g/mol. The summed E-state index contributed by atoms with van der Waals surface area (Å²) in [6.45, 7) is 10.6. The van der Waals surface area contributed by atoms with E-state index in [1.54, 1.807) is 12.1 Å². The van der Waals surface area contributed by atoms with Crippen LogP contribution in [0.5, 0.6) is 0 Å². The fourth-order valence-electron chi connectivity index (χ4n) is 2.73. The molecule has 1 N–H and O–H groups in total. The third-order valence-corrected chi connectivity index (χ3v) is 4.11. The lowest BCUT2D eigenvalue weighted by Crippen LogP contribution is -2.23. The van der Waals surface area contributed by atoms with Crippen LogP contribution in [0.25, 0.3) is 0 Å². The maximum atomic E-state index is 13.5. The quantitative estimate of drug-likeness (QED) is 0.820. The van der Waals surface area contributed by atoms with Crippen molar-refractivity contribution in [2.24, 2.45) is 11.8 Å². The normalized spacial score (nSPS) is 23.1. The van der Waals surface area contributed by atoms with E-state index in [-0.39, 0.29) is 5.82 Å². The molecule has 0 radical (unpaired) electrons. The Morgan fingerprint density at radius 3 is 2.58 bits per heavy atom. The summed E-state index contributed by atoms with van der Waals surface area (Å²) in [5.74, 6) is 1.28. The van der Waals surface area contributed by atoms with Crippen LogP contribution in [-0.2, 0) is 6.54 Å². The van der Waals surface area contributed by atoms with Crippen LogP contribution >= 0.6 is 0 Å². The number of nitrogens with one attached hydrogen (secondary N) is 1. The number of benzene rings is 1. The third-order valence-electron chi connectivity index (χ3n) is 4.11. The molecule has 1 fully saturated rings. The first kappa shape index (κ1) is 14.3. The first-order chi connectivity index (χ1) is 9.11. The minimum atomic E-state index is -0.141. The Kier molecular flexibility index (Phi) is 4.81.